The van der Waals surface area contributed by atoms with Crippen LogP contribution in [-0.2, 0) is 25.8 Å². The van der Waals surface area contributed by atoms with E-state index < -0.39 is 32.9 Å². The van der Waals surface area contributed by atoms with Crippen molar-refractivity contribution in [3.8, 4) is 23.1 Å². The number of phenols is 2. The monoisotopic (exact) mass is 601 g/mol. The average molecular weight is 602 g/mol. The highest BCUT2D eigenvalue weighted by molar-refractivity contribution is 7.91. The van der Waals surface area contributed by atoms with E-state index in [4.69, 9.17) is 24.5 Å². The van der Waals surface area contributed by atoms with E-state index in [0.717, 1.165) is 5.56 Å². The molecule has 4 aromatic rings. The summed E-state index contributed by atoms with van der Waals surface area (Å²) in [7, 11) is -3.96. The van der Waals surface area contributed by atoms with Gasteiger partial charge in [-0.1, -0.05) is 30.3 Å². The Balaban J connectivity index is 0.000000730. The lowest BCUT2D eigenvalue weighted by Crippen LogP contribution is -2.32. The van der Waals surface area contributed by atoms with Crippen molar-refractivity contribution in [3.63, 3.8) is 0 Å². The van der Waals surface area contributed by atoms with Gasteiger partial charge in [0.05, 0.1) is 11.0 Å². The van der Waals surface area contributed by atoms with Gasteiger partial charge in [-0.2, -0.15) is 0 Å². The molecule has 6 N–H and O–H groups in total. The maximum Gasteiger partial charge on any atom is 0.414 e. The third-order valence-corrected chi connectivity index (χ3v) is 7.22. The number of aliphatic hydroxyl groups excluding tert-OH is 1. The third kappa shape index (κ3) is 8.76. The highest BCUT2D eigenvalue weighted by Gasteiger charge is 2.28. The Morgan fingerprint density at radius 3 is 2.10 bits per heavy atom. The van der Waals surface area contributed by atoms with Crippen molar-refractivity contribution < 1.29 is 52.9 Å². The zero-order valence-electron chi connectivity index (χ0n) is 22.0. The van der Waals surface area contributed by atoms with Crippen LogP contribution in [0.4, 0.5) is 0 Å². The number of hydrogen-bond donors (Lipinski definition) is 6. The van der Waals surface area contributed by atoms with E-state index in [0.29, 0.717) is 17.7 Å². The summed E-state index contributed by atoms with van der Waals surface area (Å²) in [6.07, 6.45) is -0.268. The van der Waals surface area contributed by atoms with E-state index in [1.165, 1.54) is 30.3 Å². The summed E-state index contributed by atoms with van der Waals surface area (Å²) >= 11 is 0. The first kappa shape index (κ1) is 31.5. The molecular formula is C27H27N3O11S. The number of carboxylic acids is 2. The van der Waals surface area contributed by atoms with Crippen LogP contribution < -0.4 is 10.1 Å². The SMILES string of the molecule is C[C@H](Cc1ccc(Oc2nonc2S(=O)(=O)c2ccccc2)cc1)NC[C@H](O)c1cc(O)cc(O)c1.O=C(O)C(=O)O. The molecule has 0 aliphatic heterocycles. The maximum atomic E-state index is 12.8. The van der Waals surface area contributed by atoms with Gasteiger partial charge in [0.25, 0.3) is 5.03 Å². The van der Waals surface area contributed by atoms with Crippen molar-refractivity contribution in [2.45, 2.75) is 35.4 Å². The molecule has 0 unspecified atom stereocenters. The summed E-state index contributed by atoms with van der Waals surface area (Å²) in [6.45, 7) is 2.18. The first-order valence-electron chi connectivity index (χ1n) is 12.2. The largest absolute Gasteiger partial charge is 0.508 e. The Morgan fingerprint density at radius 1 is 0.929 bits per heavy atom. The van der Waals surface area contributed by atoms with Crippen molar-refractivity contribution in [2.24, 2.45) is 0 Å². The highest BCUT2D eigenvalue weighted by atomic mass is 32.2. The molecule has 222 valence electrons. The molecule has 2 atom stereocenters. The van der Waals surface area contributed by atoms with Crippen molar-refractivity contribution in [1.82, 2.24) is 15.6 Å². The second-order valence-electron chi connectivity index (χ2n) is 8.86. The lowest BCUT2D eigenvalue weighted by Gasteiger charge is -2.18. The van der Waals surface area contributed by atoms with Crippen LogP contribution in [0.5, 0.6) is 23.1 Å². The van der Waals surface area contributed by atoms with E-state index in [2.05, 4.69) is 20.3 Å². The number of aromatic nitrogens is 2. The maximum absolute atomic E-state index is 12.8. The highest BCUT2D eigenvalue weighted by Crippen LogP contribution is 2.30. The molecule has 0 saturated heterocycles. The number of hydrogen-bond acceptors (Lipinski definition) is 12. The number of rotatable bonds is 10. The van der Waals surface area contributed by atoms with Gasteiger partial charge in [-0.3, -0.25) is 0 Å². The first-order chi connectivity index (χ1) is 19.9. The minimum absolute atomic E-state index is 0.000294. The molecule has 0 aliphatic rings. The smallest absolute Gasteiger partial charge is 0.414 e. The lowest BCUT2D eigenvalue weighted by molar-refractivity contribution is -0.159. The molecule has 0 saturated carbocycles. The van der Waals surface area contributed by atoms with Gasteiger partial charge in [-0.25, -0.2) is 22.6 Å². The third-order valence-electron chi connectivity index (χ3n) is 5.57. The quantitative estimate of drug-likeness (QED) is 0.144. The number of phenolic OH excluding ortho intramolecular Hbond substituents is 2. The molecule has 14 nitrogen and oxygen atoms in total. The number of nitrogens with one attached hydrogen (secondary N) is 1. The number of nitrogens with zero attached hydrogens (tertiary/aromatic N) is 2. The van der Waals surface area contributed by atoms with E-state index in [-0.39, 0.29) is 34.9 Å². The molecule has 1 aromatic heterocycles. The Labute approximate surface area is 239 Å². The number of aromatic hydroxyl groups is 2. The number of benzene rings is 3. The van der Waals surface area contributed by atoms with E-state index in [1.54, 1.807) is 30.3 Å². The molecule has 4 rings (SSSR count). The average Bonchev–Trinajstić information content (AvgIpc) is 3.42. The second-order valence-corrected chi connectivity index (χ2v) is 10.7. The van der Waals surface area contributed by atoms with Crippen LogP contribution in [0.3, 0.4) is 0 Å². The number of carbonyl (C=O) groups is 2. The van der Waals surface area contributed by atoms with Gasteiger partial charge in [0.1, 0.15) is 17.2 Å². The normalized spacial score (nSPS) is 12.4. The number of sulfone groups is 1. The fraction of sp³-hybridized carbons (Fsp3) is 0.185. The van der Waals surface area contributed by atoms with Crippen molar-refractivity contribution in [2.75, 3.05) is 6.54 Å². The zero-order valence-corrected chi connectivity index (χ0v) is 22.8. The molecule has 1 heterocycles. The van der Waals surface area contributed by atoms with Gasteiger partial charge in [-0.15, -0.1) is 0 Å². The van der Waals surface area contributed by atoms with E-state index >= 15 is 0 Å². The molecule has 15 heteroatoms. The molecule has 0 spiro atoms. The minimum Gasteiger partial charge on any atom is -0.508 e. The Hall–Kier alpha value is -4.99. The van der Waals surface area contributed by atoms with Crippen molar-refractivity contribution >= 4 is 21.8 Å². The van der Waals surface area contributed by atoms with Gasteiger partial charge < -0.3 is 35.6 Å². The summed E-state index contributed by atoms with van der Waals surface area (Å²) in [4.78, 5) is 18.2. The minimum atomic E-state index is -3.96. The summed E-state index contributed by atoms with van der Waals surface area (Å²) in [5.41, 5.74) is 1.38. The molecule has 3 aromatic carbocycles. The van der Waals surface area contributed by atoms with Crippen LogP contribution in [-0.4, -0.2) is 68.8 Å². The fourth-order valence-corrected chi connectivity index (χ4v) is 4.76. The van der Waals surface area contributed by atoms with Gasteiger partial charge in [-0.05, 0) is 71.2 Å². The summed E-state index contributed by atoms with van der Waals surface area (Å²) in [5, 5.41) is 54.2. The molecule has 0 bridgehead atoms. The Bertz CT molecular complexity index is 1580. The van der Waals surface area contributed by atoms with E-state index in [9.17, 15) is 23.7 Å². The van der Waals surface area contributed by atoms with Gasteiger partial charge >= 0.3 is 17.8 Å². The Morgan fingerprint density at radius 2 is 1.52 bits per heavy atom. The molecule has 0 aliphatic carbocycles. The van der Waals surface area contributed by atoms with Crippen LogP contribution in [0.2, 0.25) is 0 Å². The molecule has 0 radical (unpaired) electrons. The zero-order chi connectivity index (χ0) is 30.9. The molecular weight excluding hydrogens is 574 g/mol. The molecule has 0 amide bonds. The van der Waals surface area contributed by atoms with Gasteiger partial charge in [0.15, 0.2) is 0 Å². The second kappa shape index (κ2) is 14.1. The predicted molar refractivity (Wildman–Crippen MR) is 144 cm³/mol. The summed E-state index contributed by atoms with van der Waals surface area (Å²) < 4.78 is 35.9. The summed E-state index contributed by atoms with van der Waals surface area (Å²) in [6, 6.07) is 18.8. The topological polar surface area (TPSA) is 230 Å². The fourth-order valence-electron chi connectivity index (χ4n) is 3.58. The molecule has 42 heavy (non-hydrogen) atoms. The number of aliphatic carboxylic acids is 2. The lowest BCUT2D eigenvalue weighted by atomic mass is 10.1. The van der Waals surface area contributed by atoms with Crippen LogP contribution in [0.25, 0.3) is 0 Å². The van der Waals surface area contributed by atoms with Crippen molar-refractivity contribution in [3.05, 3.63) is 83.9 Å². The van der Waals surface area contributed by atoms with Gasteiger partial charge in [0, 0.05) is 18.7 Å². The number of carboxylic acid groups (broad SMARTS) is 2. The summed E-state index contributed by atoms with van der Waals surface area (Å²) in [5.74, 6) is -3.78. The van der Waals surface area contributed by atoms with Crippen LogP contribution in [0.15, 0.2) is 87.3 Å². The number of aliphatic hydroxyl groups is 1. The molecule has 0 fully saturated rings. The van der Waals surface area contributed by atoms with E-state index in [1.807, 2.05) is 19.1 Å². The van der Waals surface area contributed by atoms with Crippen molar-refractivity contribution in [1.29, 1.82) is 0 Å². The first-order valence-corrected chi connectivity index (χ1v) is 13.6. The van der Waals surface area contributed by atoms with Crippen LogP contribution >= 0.6 is 0 Å². The van der Waals surface area contributed by atoms with Crippen LogP contribution in [0, 0.1) is 0 Å². The van der Waals surface area contributed by atoms with Crippen LogP contribution in [0.1, 0.15) is 24.2 Å². The Kier molecular flexibility index (Phi) is 10.6. The predicted octanol–water partition coefficient (Wildman–Crippen LogP) is 2.52. The number of ether oxygens (including phenoxy) is 1. The standard InChI is InChI=1S/C25H25N3O7S.C2H2O4/c1-16(26-15-23(31)18-12-19(29)14-20(30)13-18)11-17-7-9-21(10-8-17)34-24-25(28-35-27-24)36(32,33)22-5-3-2-4-6-22;3-1(4)2(5)6/h2-10,12-14,16,23,26,29-31H,11,15H2,1H3;(H,3,4)(H,5,6)/t16-,23+;/m1./s1. The van der Waals surface area contributed by atoms with Gasteiger partial charge in [0.2, 0.25) is 9.84 Å².